The van der Waals surface area contributed by atoms with E-state index in [1.165, 1.54) is 21.9 Å². The quantitative estimate of drug-likeness (QED) is 0.187. The molecule has 1 aliphatic rings. The number of aromatic nitrogens is 4. The first-order valence-electron chi connectivity index (χ1n) is 14.7. The summed E-state index contributed by atoms with van der Waals surface area (Å²) in [6.45, 7) is 4.98. The topological polar surface area (TPSA) is 51.6 Å². The fourth-order valence-electron chi connectivity index (χ4n) is 6.72. The Balaban J connectivity index is 1.49. The monoisotopic (exact) mass is 572 g/mol. The molecule has 1 aliphatic heterocycles. The molecule has 0 amide bonds. The largest absolute Gasteiger partial charge is 0.255 e. The number of hydrogen-bond acceptors (Lipinski definition) is 4. The van der Waals surface area contributed by atoms with Crippen molar-refractivity contribution in [3.63, 3.8) is 0 Å². The molecule has 5 heterocycles. The molecule has 0 N–H and O–H groups in total. The Labute approximate surface area is 253 Å². The molecule has 0 radical (unpaired) electrons. The van der Waals surface area contributed by atoms with Gasteiger partial charge in [0.05, 0.1) is 36.5 Å². The Bertz CT molecular complexity index is 1890. The van der Waals surface area contributed by atoms with Crippen LogP contribution in [0, 0.1) is 0 Å². The summed E-state index contributed by atoms with van der Waals surface area (Å²) in [6, 6.07) is 46.6. The van der Waals surface area contributed by atoms with Crippen LogP contribution in [0.3, 0.4) is 0 Å². The van der Waals surface area contributed by atoms with Crippen LogP contribution in [0.4, 0.5) is 0 Å². The molecule has 0 saturated heterocycles. The zero-order chi connectivity index (χ0) is 29.2. The van der Waals surface area contributed by atoms with Crippen LogP contribution < -0.4 is 0 Å². The lowest BCUT2D eigenvalue weighted by atomic mass is 9.82. The lowest BCUT2D eigenvalue weighted by Gasteiger charge is -2.32. The Hall–Kier alpha value is -5.00. The molecule has 2 aromatic carbocycles. The maximum atomic E-state index is 5.33. The van der Waals surface area contributed by atoms with Gasteiger partial charge in [-0.1, -0.05) is 98.0 Å². The normalized spacial score (nSPS) is 17.6. The third kappa shape index (κ3) is 5.02. The zero-order valence-electron chi connectivity index (χ0n) is 24.3. The molecule has 0 fully saturated rings. The van der Waals surface area contributed by atoms with Crippen molar-refractivity contribution in [1.82, 2.24) is 19.9 Å². The van der Waals surface area contributed by atoms with E-state index in [2.05, 4.69) is 120 Å². The summed E-state index contributed by atoms with van der Waals surface area (Å²) < 4.78 is 0. The van der Waals surface area contributed by atoms with Crippen LogP contribution in [0.1, 0.15) is 34.0 Å². The van der Waals surface area contributed by atoms with E-state index in [9.17, 15) is 0 Å². The summed E-state index contributed by atoms with van der Waals surface area (Å²) in [6.07, 6.45) is 3.66. The van der Waals surface area contributed by atoms with Gasteiger partial charge in [0.15, 0.2) is 0 Å². The lowest BCUT2D eigenvalue weighted by Crippen LogP contribution is -2.36. The van der Waals surface area contributed by atoms with E-state index >= 15 is 0 Å². The highest BCUT2D eigenvalue weighted by molar-refractivity contribution is 6.98. The van der Waals surface area contributed by atoms with Crippen molar-refractivity contribution >= 4 is 18.8 Å². The van der Waals surface area contributed by atoms with Gasteiger partial charge in [-0.2, -0.15) is 0 Å². The molecule has 43 heavy (non-hydrogen) atoms. The summed E-state index contributed by atoms with van der Waals surface area (Å²) in [5.41, 5.74) is 9.77. The number of pyridine rings is 4. The van der Waals surface area contributed by atoms with Gasteiger partial charge in [-0.25, -0.2) is 4.98 Å². The van der Waals surface area contributed by atoms with Gasteiger partial charge in [0.25, 0.3) is 0 Å². The first-order valence-corrected chi connectivity index (χ1v) is 17.8. The maximum absolute atomic E-state index is 5.33. The zero-order valence-corrected chi connectivity index (χ0v) is 25.3. The van der Waals surface area contributed by atoms with Gasteiger partial charge in [0.1, 0.15) is 0 Å². The van der Waals surface area contributed by atoms with Gasteiger partial charge in [0.2, 0.25) is 0 Å². The van der Waals surface area contributed by atoms with Crippen LogP contribution in [0.2, 0.25) is 13.1 Å². The number of allylic oxidation sites excluding steroid dienone is 1. The van der Waals surface area contributed by atoms with Crippen molar-refractivity contribution in [3.8, 4) is 22.8 Å². The molecule has 0 bridgehead atoms. The average molecular weight is 573 g/mol. The SMILES string of the molecule is C[Si]1(C)C(c2cccc(-c3ccccn3)n2)=C(c2ccccc2)[C@@H](c2ccccc2)C1c1cccc(-c2ccccn2)n1. The molecule has 4 nitrogen and oxygen atoms in total. The molecule has 0 saturated carbocycles. The van der Waals surface area contributed by atoms with Gasteiger partial charge >= 0.3 is 0 Å². The average Bonchev–Trinajstić information content (AvgIpc) is 3.33. The van der Waals surface area contributed by atoms with Crippen LogP contribution >= 0.6 is 0 Å². The number of hydrogen-bond donors (Lipinski definition) is 0. The summed E-state index contributed by atoms with van der Waals surface area (Å²) in [5, 5.41) is 1.38. The lowest BCUT2D eigenvalue weighted by molar-refractivity contribution is 0.784. The molecule has 4 aromatic heterocycles. The second kappa shape index (κ2) is 11.3. The van der Waals surface area contributed by atoms with Crippen molar-refractivity contribution < 1.29 is 0 Å². The number of nitrogens with zero attached hydrogens (tertiary/aromatic N) is 4. The minimum absolute atomic E-state index is 0.118. The Morgan fingerprint density at radius 3 is 1.65 bits per heavy atom. The molecule has 2 atom stereocenters. The van der Waals surface area contributed by atoms with Crippen molar-refractivity contribution in [2.24, 2.45) is 0 Å². The fraction of sp³-hybridized carbons (Fsp3) is 0.105. The van der Waals surface area contributed by atoms with E-state index < -0.39 is 8.07 Å². The van der Waals surface area contributed by atoms with Crippen LogP contribution in [0.15, 0.2) is 146 Å². The molecule has 1 unspecified atom stereocenters. The Kier molecular flexibility index (Phi) is 7.09. The van der Waals surface area contributed by atoms with Crippen LogP contribution in [0.25, 0.3) is 33.5 Å². The fourth-order valence-corrected chi connectivity index (χ4v) is 10.9. The third-order valence-electron chi connectivity index (χ3n) is 8.53. The van der Waals surface area contributed by atoms with E-state index in [0.717, 1.165) is 34.2 Å². The van der Waals surface area contributed by atoms with E-state index in [1.54, 1.807) is 0 Å². The molecule has 208 valence electrons. The van der Waals surface area contributed by atoms with E-state index in [4.69, 9.17) is 9.97 Å². The van der Waals surface area contributed by atoms with E-state index in [1.807, 2.05) is 48.8 Å². The molecular formula is C38H32N4Si. The minimum atomic E-state index is -2.31. The van der Waals surface area contributed by atoms with E-state index in [0.29, 0.717) is 0 Å². The molecule has 5 heteroatoms. The predicted molar refractivity (Wildman–Crippen MR) is 178 cm³/mol. The van der Waals surface area contributed by atoms with Crippen LogP contribution in [-0.2, 0) is 0 Å². The van der Waals surface area contributed by atoms with Crippen LogP contribution in [0.5, 0.6) is 0 Å². The molecule has 0 aliphatic carbocycles. The second-order valence-corrected chi connectivity index (χ2v) is 16.1. The van der Waals surface area contributed by atoms with Crippen molar-refractivity contribution in [2.75, 3.05) is 0 Å². The van der Waals surface area contributed by atoms with E-state index in [-0.39, 0.29) is 11.5 Å². The predicted octanol–water partition coefficient (Wildman–Crippen LogP) is 8.88. The molecule has 0 spiro atoms. The number of benzene rings is 2. The number of rotatable bonds is 6. The maximum Gasteiger partial charge on any atom is 0.0941 e. The third-order valence-corrected chi connectivity index (χ3v) is 12.5. The molecular weight excluding hydrogens is 541 g/mol. The molecule has 7 rings (SSSR count). The van der Waals surface area contributed by atoms with Gasteiger partial charge in [-0.15, -0.1) is 0 Å². The highest BCUT2D eigenvalue weighted by atomic mass is 28.3. The van der Waals surface area contributed by atoms with Crippen LogP contribution in [-0.4, -0.2) is 28.0 Å². The van der Waals surface area contributed by atoms with Crippen molar-refractivity contribution in [1.29, 1.82) is 0 Å². The van der Waals surface area contributed by atoms with Gasteiger partial charge in [-0.05, 0) is 70.4 Å². The Morgan fingerprint density at radius 2 is 1.02 bits per heavy atom. The summed E-state index contributed by atoms with van der Waals surface area (Å²) in [4.78, 5) is 19.9. The van der Waals surface area contributed by atoms with Gasteiger partial charge in [-0.3, -0.25) is 15.0 Å². The minimum Gasteiger partial charge on any atom is -0.255 e. The highest BCUT2D eigenvalue weighted by Gasteiger charge is 2.52. The standard InChI is InChI=1S/C38H32N4Si/c1-43(2)37(33-23-13-21-31(41-33)29-19-9-11-25-39-29)35(27-15-5-3-6-16-27)36(28-17-7-4-8-18-28)38(43)34-24-14-22-32(42-34)30-20-10-12-26-40-30/h3-26,35,37H,1-2H3/t35-,37?/m1/s1. The summed E-state index contributed by atoms with van der Waals surface area (Å²) in [7, 11) is -2.31. The van der Waals surface area contributed by atoms with Crippen molar-refractivity contribution in [2.45, 2.75) is 24.6 Å². The first kappa shape index (κ1) is 26.9. The Morgan fingerprint density at radius 1 is 0.488 bits per heavy atom. The van der Waals surface area contributed by atoms with Gasteiger partial charge < -0.3 is 0 Å². The molecule has 6 aromatic rings. The smallest absolute Gasteiger partial charge is 0.0941 e. The first-order chi connectivity index (χ1) is 21.1. The summed E-state index contributed by atoms with van der Waals surface area (Å²) in [5.74, 6) is 0.118. The second-order valence-electron chi connectivity index (χ2n) is 11.5. The summed E-state index contributed by atoms with van der Waals surface area (Å²) >= 11 is 0. The van der Waals surface area contributed by atoms with Crippen molar-refractivity contribution in [3.05, 3.63) is 168 Å². The van der Waals surface area contributed by atoms with Gasteiger partial charge in [0, 0.05) is 29.5 Å². The highest BCUT2D eigenvalue weighted by Crippen LogP contribution is 2.59.